The van der Waals surface area contributed by atoms with Crippen LogP contribution in [0.2, 0.25) is 5.28 Å². The van der Waals surface area contributed by atoms with Crippen LogP contribution < -0.4 is 29.6 Å². The van der Waals surface area contributed by atoms with Crippen LogP contribution in [-0.4, -0.2) is 79.6 Å². The summed E-state index contributed by atoms with van der Waals surface area (Å²) in [6, 6.07) is 23.5. The van der Waals surface area contributed by atoms with E-state index >= 15 is 0 Å². The maximum Gasteiger partial charge on any atom is 0.322 e. The standard InChI is InChI=1S/C38H33ClN8O11S3/c1-4-46(21-22-6-5-7-27(16-22)59(48,49)50)25-10-14-29-32(19-25)47(26-11-15-33(57-2)35(20-26)61(54,55)56)31-17-23(8-12-28(31)42-29)40-30-13-9-24(18-34(30)60(51,52)53)41-37-43-36(39)44-38(45-37)58-3/h5-20H,4,21H2,1-3H3,(H4,41,42,43,44,45,48,49,50,51,52,53,54,55,56)/p-2. The Morgan fingerprint density at radius 2 is 1.38 bits per heavy atom. The molecule has 0 spiro atoms. The quantitative estimate of drug-likeness (QED) is 0.0846. The van der Waals surface area contributed by atoms with Gasteiger partial charge in [-0.05, 0) is 84.8 Å². The van der Waals surface area contributed by atoms with Crippen molar-refractivity contribution in [3.63, 3.8) is 0 Å². The molecule has 0 bridgehead atoms. The van der Waals surface area contributed by atoms with Crippen molar-refractivity contribution in [3.8, 4) is 17.4 Å². The number of halogens is 1. The van der Waals surface area contributed by atoms with Gasteiger partial charge in [-0.3, -0.25) is 0 Å². The van der Waals surface area contributed by atoms with E-state index in [1.165, 1.54) is 56.7 Å². The number of fused-ring (bicyclic) bond motifs is 2. The van der Waals surface area contributed by atoms with Gasteiger partial charge in [-0.2, -0.15) is 15.0 Å². The van der Waals surface area contributed by atoms with Crippen molar-refractivity contribution in [2.75, 3.05) is 36.3 Å². The van der Waals surface area contributed by atoms with Gasteiger partial charge in [-0.25, -0.2) is 30.2 Å². The lowest BCUT2D eigenvalue weighted by Crippen LogP contribution is -2.34. The van der Waals surface area contributed by atoms with Crippen molar-refractivity contribution in [2.45, 2.75) is 28.2 Å². The van der Waals surface area contributed by atoms with Gasteiger partial charge in [0.15, 0.2) is 0 Å². The highest BCUT2D eigenvalue weighted by Crippen LogP contribution is 2.32. The third-order valence-electron chi connectivity index (χ3n) is 9.20. The van der Waals surface area contributed by atoms with E-state index in [1.54, 1.807) is 47.0 Å². The summed E-state index contributed by atoms with van der Waals surface area (Å²) in [6.45, 7) is 2.49. The molecule has 0 unspecified atom stereocenters. The van der Waals surface area contributed by atoms with Crippen LogP contribution in [0.15, 0.2) is 112 Å². The highest BCUT2D eigenvalue weighted by Gasteiger charge is 2.25. The average molecular weight is 907 g/mol. The van der Waals surface area contributed by atoms with E-state index in [0.717, 1.165) is 12.1 Å². The van der Waals surface area contributed by atoms with E-state index in [1.807, 2.05) is 11.8 Å². The Bertz CT molecular complexity index is 3220. The summed E-state index contributed by atoms with van der Waals surface area (Å²) in [6.07, 6.45) is 0. The molecule has 2 N–H and O–H groups in total. The van der Waals surface area contributed by atoms with Crippen LogP contribution in [0.25, 0.3) is 27.8 Å². The first-order valence-corrected chi connectivity index (χ1v) is 22.3. The minimum atomic E-state index is -5.11. The molecular formula is C38H31ClN8O11S3-2. The minimum absolute atomic E-state index is 0.0915. The number of nitrogens with one attached hydrogen (secondary N) is 2. The molecule has 61 heavy (non-hydrogen) atoms. The van der Waals surface area contributed by atoms with Gasteiger partial charge in [0.25, 0.3) is 0 Å². The van der Waals surface area contributed by atoms with Crippen molar-refractivity contribution in [3.05, 3.63) is 108 Å². The maximum absolute atomic E-state index is 12.6. The molecule has 5 aromatic carbocycles. The fourth-order valence-corrected chi connectivity index (χ4v) is 8.49. The van der Waals surface area contributed by atoms with Crippen LogP contribution in [0, 0.1) is 0 Å². The molecule has 0 aliphatic heterocycles. The van der Waals surface area contributed by atoms with Gasteiger partial charge in [0, 0.05) is 54.4 Å². The fourth-order valence-electron chi connectivity index (χ4n) is 6.47. The van der Waals surface area contributed by atoms with Crippen LogP contribution in [0.5, 0.6) is 11.8 Å². The molecule has 7 aromatic rings. The third kappa shape index (κ3) is 9.39. The number of nitrogens with zero attached hydrogens (tertiary/aromatic N) is 6. The second kappa shape index (κ2) is 16.6. The number of rotatable bonds is 14. The highest BCUT2D eigenvalue weighted by atomic mass is 35.5. The summed E-state index contributed by atoms with van der Waals surface area (Å²) < 4.78 is 122. The van der Waals surface area contributed by atoms with Gasteiger partial charge in [-0.15, -0.1) is 4.57 Å². The summed E-state index contributed by atoms with van der Waals surface area (Å²) in [5, 5.41) is 5.54. The number of ether oxygens (including phenoxy) is 2. The van der Waals surface area contributed by atoms with E-state index in [0.29, 0.717) is 39.9 Å². The number of anilines is 5. The number of hydrogen-bond donors (Lipinski definition) is 2. The van der Waals surface area contributed by atoms with Gasteiger partial charge in [0.2, 0.25) is 28.0 Å². The molecule has 23 heteroatoms. The van der Waals surface area contributed by atoms with Crippen LogP contribution in [-0.2, 0) is 36.9 Å². The number of benzene rings is 5. The number of methoxy groups -OCH3 is 2. The third-order valence-corrected chi connectivity index (χ3v) is 11.9. The van der Waals surface area contributed by atoms with E-state index < -0.39 is 40.1 Å². The topological polar surface area (TPSA) is 273 Å². The second-order valence-electron chi connectivity index (χ2n) is 13.1. The van der Waals surface area contributed by atoms with Gasteiger partial charge in [0.05, 0.1) is 29.7 Å². The highest BCUT2D eigenvalue weighted by molar-refractivity contribution is 7.86. The Morgan fingerprint density at radius 1 is 0.689 bits per heavy atom. The zero-order chi connectivity index (χ0) is 43.9. The predicted octanol–water partition coefficient (Wildman–Crippen LogP) is 4.75. The van der Waals surface area contributed by atoms with Gasteiger partial charge in [0.1, 0.15) is 52.0 Å². The molecule has 7 rings (SSSR count). The zero-order valence-corrected chi connectivity index (χ0v) is 35.1. The van der Waals surface area contributed by atoms with E-state index in [9.17, 15) is 38.9 Å². The summed E-state index contributed by atoms with van der Waals surface area (Å²) in [4.78, 5) is 16.8. The van der Waals surface area contributed by atoms with Crippen molar-refractivity contribution >= 4 is 92.7 Å². The summed E-state index contributed by atoms with van der Waals surface area (Å²) >= 11 is 5.94. The Morgan fingerprint density at radius 3 is 2.05 bits per heavy atom. The predicted molar refractivity (Wildman–Crippen MR) is 219 cm³/mol. The molecule has 2 heterocycles. The molecule has 316 valence electrons. The van der Waals surface area contributed by atoms with Crippen LogP contribution in [0.1, 0.15) is 12.5 Å². The lowest BCUT2D eigenvalue weighted by Gasteiger charge is -2.24. The smallest absolute Gasteiger partial charge is 0.322 e. The summed E-state index contributed by atoms with van der Waals surface area (Å²) in [5.74, 6) is -0.280. The molecule has 0 aliphatic rings. The minimum Gasteiger partial charge on any atom is -0.744 e. The van der Waals surface area contributed by atoms with Gasteiger partial charge >= 0.3 is 6.01 Å². The maximum atomic E-state index is 12.6. The van der Waals surface area contributed by atoms with Gasteiger partial charge < -0.3 is 38.7 Å². The van der Waals surface area contributed by atoms with Crippen LogP contribution in [0.4, 0.5) is 28.7 Å². The first-order chi connectivity index (χ1) is 28.8. The van der Waals surface area contributed by atoms with Crippen molar-refractivity contribution in [1.29, 1.82) is 0 Å². The number of hydrogen-bond acceptors (Lipinski definition) is 18. The summed E-state index contributed by atoms with van der Waals surface area (Å²) in [5.41, 5.74) is 3.23. The SMILES string of the molecule is CCN(Cc1cccc(S(=O)(=O)[O-])c1)c1ccc2nc3ccc(Nc4ccc(Nc5nc(Cl)nc(OC)n5)cc4S(=O)(=O)[O-])cc3[n+](-c3ccc(OC)c(S(=O)(=O)[O-])c3)c2c1. The Balaban J connectivity index is 1.37. The zero-order valence-electron chi connectivity index (χ0n) is 31.9. The molecule has 0 fully saturated rings. The van der Waals surface area contributed by atoms with Crippen LogP contribution in [0.3, 0.4) is 0 Å². The van der Waals surface area contributed by atoms with Crippen molar-refractivity contribution < 1.29 is 53.0 Å². The fraction of sp³-hybridized carbons (Fsp3) is 0.132. The molecule has 0 saturated carbocycles. The van der Waals surface area contributed by atoms with Crippen molar-refractivity contribution in [2.24, 2.45) is 0 Å². The Hall–Kier alpha value is -6.27. The lowest BCUT2D eigenvalue weighted by atomic mass is 10.1. The van der Waals surface area contributed by atoms with E-state index in [2.05, 4.69) is 25.6 Å². The molecule has 0 amide bonds. The first-order valence-electron chi connectivity index (χ1n) is 17.7. The molecule has 0 radical (unpaired) electrons. The lowest BCUT2D eigenvalue weighted by molar-refractivity contribution is -0.538. The normalized spacial score (nSPS) is 12.0. The average Bonchev–Trinajstić information content (AvgIpc) is 3.21. The molecule has 19 nitrogen and oxygen atoms in total. The Labute approximate surface area is 353 Å². The van der Waals surface area contributed by atoms with E-state index in [4.69, 9.17) is 26.1 Å². The van der Waals surface area contributed by atoms with Crippen molar-refractivity contribution in [1.82, 2.24) is 19.9 Å². The molecule has 2 aromatic heterocycles. The number of aromatic nitrogens is 5. The molecule has 0 atom stereocenters. The van der Waals surface area contributed by atoms with E-state index in [-0.39, 0.29) is 57.2 Å². The largest absolute Gasteiger partial charge is 0.744 e. The molecule has 0 aliphatic carbocycles. The second-order valence-corrected chi connectivity index (χ2v) is 17.5. The monoisotopic (exact) mass is 906 g/mol. The Kier molecular flexibility index (Phi) is 11.7. The molecular weight excluding hydrogens is 876 g/mol. The molecule has 0 saturated heterocycles. The first kappa shape index (κ1) is 42.8. The van der Waals surface area contributed by atoms with Gasteiger partial charge in [-0.1, -0.05) is 12.1 Å². The summed E-state index contributed by atoms with van der Waals surface area (Å²) in [7, 11) is -12.3. The van der Waals surface area contributed by atoms with Crippen LogP contribution >= 0.6 is 11.6 Å².